The number of nitrogens with zero attached hydrogens (tertiary/aromatic N) is 2. The first-order valence-electron chi connectivity index (χ1n) is 10.9. The Labute approximate surface area is 194 Å². The van der Waals surface area contributed by atoms with E-state index in [1.54, 1.807) is 6.33 Å². The Balaban J connectivity index is -0.000000415. The van der Waals surface area contributed by atoms with Crippen molar-refractivity contribution in [1.29, 1.82) is 5.41 Å². The molecule has 2 atom stereocenters. The van der Waals surface area contributed by atoms with Crippen LogP contribution in [0.1, 0.15) is 92.1 Å². The summed E-state index contributed by atoms with van der Waals surface area (Å²) in [4.78, 5) is 27.1. The maximum absolute atomic E-state index is 10.1. The van der Waals surface area contributed by atoms with Gasteiger partial charge in [0.2, 0.25) is 0 Å². The van der Waals surface area contributed by atoms with Gasteiger partial charge in [0, 0.05) is 25.7 Å². The number of rotatable bonds is 9. The number of aldehydes is 1. The molecule has 0 bridgehead atoms. The number of nitrogens with one attached hydrogen (secondary N) is 1. The van der Waals surface area contributed by atoms with Crippen LogP contribution >= 0.6 is 0 Å². The van der Waals surface area contributed by atoms with Gasteiger partial charge < -0.3 is 15.6 Å². The van der Waals surface area contributed by atoms with Gasteiger partial charge in [0.25, 0.3) is 5.97 Å². The normalized spacial score (nSPS) is 10.7. The highest BCUT2D eigenvalue weighted by atomic mass is 16.4. The van der Waals surface area contributed by atoms with Crippen molar-refractivity contribution in [2.24, 2.45) is 11.7 Å². The second-order valence-corrected chi connectivity index (χ2v) is 7.98. The zero-order valence-corrected chi connectivity index (χ0v) is 21.0. The van der Waals surface area contributed by atoms with Crippen LogP contribution in [-0.2, 0) is 9.59 Å². The summed E-state index contributed by atoms with van der Waals surface area (Å²) >= 11 is 0. The van der Waals surface area contributed by atoms with E-state index >= 15 is 0 Å². The van der Waals surface area contributed by atoms with Crippen LogP contribution < -0.4 is 5.73 Å². The number of carboxylic acid groups (broad SMARTS) is 1. The number of carbonyl (C=O) groups excluding carboxylic acids is 1. The van der Waals surface area contributed by atoms with Gasteiger partial charge >= 0.3 is 0 Å². The summed E-state index contributed by atoms with van der Waals surface area (Å²) in [6.07, 6.45) is 16.9. The molecule has 1 rings (SSSR count). The van der Waals surface area contributed by atoms with Crippen molar-refractivity contribution in [3.05, 3.63) is 47.6 Å². The molecule has 0 aliphatic rings. The lowest BCUT2D eigenvalue weighted by Crippen LogP contribution is -1.94. The molecule has 0 aliphatic heterocycles. The van der Waals surface area contributed by atoms with E-state index in [2.05, 4.69) is 69.4 Å². The number of hydrogen-bond donors (Lipinski definition) is 3. The van der Waals surface area contributed by atoms with E-state index < -0.39 is 5.97 Å². The largest absolute Gasteiger partial charge is 0.481 e. The summed E-state index contributed by atoms with van der Waals surface area (Å²) in [5, 5.41) is 13.3. The summed E-state index contributed by atoms with van der Waals surface area (Å²) in [6, 6.07) is 0. The first-order valence-corrected chi connectivity index (χ1v) is 10.9. The maximum atomic E-state index is 10.1. The Kier molecular flexibility index (Phi) is 25.8. The van der Waals surface area contributed by atoms with E-state index in [4.69, 9.17) is 15.3 Å². The molecule has 4 N–H and O–H groups in total. The third-order valence-electron chi connectivity index (χ3n) is 4.01. The molecule has 0 radical (unpaired) electrons. The Hall–Kier alpha value is -2.83. The highest BCUT2D eigenvalue weighted by molar-refractivity contribution is 5.62. The van der Waals surface area contributed by atoms with E-state index in [0.29, 0.717) is 18.3 Å². The molecule has 7 nitrogen and oxygen atoms in total. The molecule has 0 aromatic carbocycles. The zero-order valence-electron chi connectivity index (χ0n) is 21.0. The van der Waals surface area contributed by atoms with E-state index in [1.807, 2.05) is 12.4 Å². The van der Waals surface area contributed by atoms with Crippen LogP contribution in [0.25, 0.3) is 0 Å². The Morgan fingerprint density at radius 1 is 1.03 bits per heavy atom. The van der Waals surface area contributed by atoms with Crippen LogP contribution in [0.15, 0.2) is 42.0 Å². The Morgan fingerprint density at radius 2 is 1.44 bits per heavy atom. The van der Waals surface area contributed by atoms with Gasteiger partial charge in [-0.15, -0.1) is 0 Å². The lowest BCUT2D eigenvalue weighted by Gasteiger charge is -2.08. The molecule has 0 saturated heterocycles. The summed E-state index contributed by atoms with van der Waals surface area (Å²) in [5.41, 5.74) is 8.37. The van der Waals surface area contributed by atoms with Gasteiger partial charge in [-0.05, 0) is 70.8 Å². The summed E-state index contributed by atoms with van der Waals surface area (Å²) in [5.74, 6) is 0.259. The van der Waals surface area contributed by atoms with Crippen molar-refractivity contribution in [3.8, 4) is 0 Å². The number of carbonyl (C=O) groups is 2. The number of nitrogens with two attached hydrogens (primary N) is 1. The average Bonchev–Trinajstić information content (AvgIpc) is 2.69. The molecular weight excluding hydrogens is 404 g/mol. The van der Waals surface area contributed by atoms with E-state index in [9.17, 15) is 4.79 Å². The van der Waals surface area contributed by atoms with Crippen LogP contribution in [0.3, 0.4) is 0 Å². The predicted octanol–water partition coefficient (Wildman–Crippen LogP) is 5.93. The average molecular weight is 449 g/mol. The summed E-state index contributed by atoms with van der Waals surface area (Å²) < 4.78 is 0. The van der Waals surface area contributed by atoms with Crippen LogP contribution in [0, 0.1) is 11.3 Å². The van der Waals surface area contributed by atoms with E-state index in [-0.39, 0.29) is 0 Å². The molecule has 1 aromatic heterocycles. The lowest BCUT2D eigenvalue weighted by molar-refractivity contribution is -0.134. The number of hydrogen-bond acceptors (Lipinski definition) is 5. The number of carboxylic acids is 1. The van der Waals surface area contributed by atoms with Crippen LogP contribution in [0.4, 0.5) is 0 Å². The zero-order chi connectivity index (χ0) is 25.4. The SMILES string of the molecule is CC(=O)O.CC(C)=CCCC(C)CC=O.CC(C)=CCCC(C)c1cncnc1.N=CN. The van der Waals surface area contributed by atoms with Gasteiger partial charge in [0.1, 0.15) is 12.6 Å². The molecule has 2 unspecified atom stereocenters. The predicted molar refractivity (Wildman–Crippen MR) is 134 cm³/mol. The smallest absolute Gasteiger partial charge is 0.300 e. The molecule has 1 heterocycles. The summed E-state index contributed by atoms with van der Waals surface area (Å²) in [6.45, 7) is 13.9. The minimum absolute atomic E-state index is 0.545. The van der Waals surface area contributed by atoms with Gasteiger partial charge in [-0.25, -0.2) is 9.97 Å². The second-order valence-electron chi connectivity index (χ2n) is 7.98. The molecule has 182 valence electrons. The quantitative estimate of drug-likeness (QED) is 0.186. The van der Waals surface area contributed by atoms with Crippen molar-refractivity contribution in [3.63, 3.8) is 0 Å². The Bertz CT molecular complexity index is 646. The number of aliphatic carboxylic acids is 1. The van der Waals surface area contributed by atoms with Crippen molar-refractivity contribution in [2.45, 2.75) is 86.5 Å². The van der Waals surface area contributed by atoms with Gasteiger partial charge in [0.15, 0.2) is 0 Å². The number of aromatic nitrogens is 2. The summed E-state index contributed by atoms with van der Waals surface area (Å²) in [7, 11) is 0. The first kappa shape index (κ1) is 33.8. The molecule has 0 spiro atoms. The minimum atomic E-state index is -0.833. The van der Waals surface area contributed by atoms with Crippen LogP contribution in [-0.4, -0.2) is 33.7 Å². The van der Waals surface area contributed by atoms with E-state index in [0.717, 1.165) is 38.8 Å². The molecular formula is C25H44N4O3. The number of allylic oxidation sites excluding steroid dienone is 4. The highest BCUT2D eigenvalue weighted by Gasteiger charge is 2.04. The molecule has 7 heteroatoms. The van der Waals surface area contributed by atoms with Gasteiger partial charge in [-0.2, -0.15) is 0 Å². The molecule has 32 heavy (non-hydrogen) atoms. The third kappa shape index (κ3) is 31.9. The second kappa shape index (κ2) is 24.4. The molecule has 0 saturated carbocycles. The fraction of sp³-hybridized carbons (Fsp3) is 0.560. The van der Waals surface area contributed by atoms with Gasteiger partial charge in [0.05, 0.1) is 6.34 Å². The topological polar surface area (TPSA) is 130 Å². The van der Waals surface area contributed by atoms with Crippen molar-refractivity contribution in [1.82, 2.24) is 9.97 Å². The lowest BCUT2D eigenvalue weighted by atomic mass is 9.98. The monoisotopic (exact) mass is 448 g/mol. The van der Waals surface area contributed by atoms with Crippen molar-refractivity contribution in [2.75, 3.05) is 0 Å². The molecule has 1 aromatic rings. The standard InChI is InChI=1S/C12H18N2.C10H18O.C2H4O2.CH4N2/c1-10(2)5-4-6-11(3)12-7-13-9-14-8-12;1-9(2)5-4-6-10(3)7-8-11;1-2(3)4;2-1-3/h5,7-9,11H,4,6H2,1-3H3;5,8,10H,4,6-7H2,1-3H3;1H3,(H,3,4);1H,(H3,2,3). The maximum Gasteiger partial charge on any atom is 0.300 e. The van der Waals surface area contributed by atoms with Crippen molar-refractivity contribution < 1.29 is 14.7 Å². The fourth-order valence-electron chi connectivity index (χ4n) is 2.29. The van der Waals surface area contributed by atoms with E-state index in [1.165, 1.54) is 23.1 Å². The highest BCUT2D eigenvalue weighted by Crippen LogP contribution is 2.19. The molecule has 0 fully saturated rings. The third-order valence-corrected chi connectivity index (χ3v) is 4.01. The Morgan fingerprint density at radius 3 is 1.81 bits per heavy atom. The van der Waals surface area contributed by atoms with Crippen LogP contribution in [0.5, 0.6) is 0 Å². The fourth-order valence-corrected chi connectivity index (χ4v) is 2.29. The minimum Gasteiger partial charge on any atom is -0.481 e. The molecule has 0 amide bonds. The van der Waals surface area contributed by atoms with Crippen molar-refractivity contribution >= 4 is 18.6 Å². The van der Waals surface area contributed by atoms with Crippen LogP contribution in [0.2, 0.25) is 0 Å². The first-order chi connectivity index (χ1) is 15.0. The van der Waals surface area contributed by atoms with Gasteiger partial charge in [-0.3, -0.25) is 10.2 Å². The molecule has 0 aliphatic carbocycles. The van der Waals surface area contributed by atoms with Gasteiger partial charge in [-0.1, -0.05) is 37.1 Å².